The van der Waals surface area contributed by atoms with Crippen LogP contribution in [-0.4, -0.2) is 16.6 Å². The van der Waals surface area contributed by atoms with Crippen molar-refractivity contribution in [3.05, 3.63) is 61.9 Å². The summed E-state index contributed by atoms with van der Waals surface area (Å²) < 4.78 is 5.68. The van der Waals surface area contributed by atoms with Crippen molar-refractivity contribution in [1.82, 2.24) is 9.97 Å². The summed E-state index contributed by atoms with van der Waals surface area (Å²) >= 11 is 0. The van der Waals surface area contributed by atoms with Crippen LogP contribution in [0.4, 0.5) is 0 Å². The van der Waals surface area contributed by atoms with Crippen molar-refractivity contribution in [2.75, 3.05) is 6.61 Å². The van der Waals surface area contributed by atoms with Crippen LogP contribution >= 0.6 is 0 Å². The van der Waals surface area contributed by atoms with Crippen molar-refractivity contribution in [2.24, 2.45) is 0 Å². The Kier molecular flexibility index (Phi) is 4.40. The zero-order valence-electron chi connectivity index (χ0n) is 11.7. The first-order valence-electron chi connectivity index (χ1n) is 6.64. The molecule has 1 heterocycles. The minimum atomic E-state index is -0.480. The smallest absolute Gasteiger partial charge is 0.325 e. The van der Waals surface area contributed by atoms with Crippen LogP contribution in [0, 0.1) is 6.92 Å². The third kappa shape index (κ3) is 3.17. The van der Waals surface area contributed by atoms with E-state index in [-0.39, 0.29) is 5.56 Å². The van der Waals surface area contributed by atoms with Crippen molar-refractivity contribution in [2.45, 2.75) is 26.7 Å². The van der Waals surface area contributed by atoms with E-state index in [0.29, 0.717) is 24.3 Å². The summed E-state index contributed by atoms with van der Waals surface area (Å²) in [6.45, 7) is 4.40. The first-order chi connectivity index (χ1) is 9.61. The van der Waals surface area contributed by atoms with Crippen molar-refractivity contribution in [3.8, 4) is 5.75 Å². The predicted molar refractivity (Wildman–Crippen MR) is 77.5 cm³/mol. The van der Waals surface area contributed by atoms with Gasteiger partial charge in [0.25, 0.3) is 5.56 Å². The monoisotopic (exact) mass is 274 g/mol. The summed E-state index contributed by atoms with van der Waals surface area (Å²) in [6, 6.07) is 7.62. The zero-order valence-corrected chi connectivity index (χ0v) is 11.7. The summed E-state index contributed by atoms with van der Waals surface area (Å²) in [5, 5.41) is 0. The second kappa shape index (κ2) is 6.23. The van der Waals surface area contributed by atoms with Crippen LogP contribution in [0.15, 0.2) is 33.9 Å². The van der Waals surface area contributed by atoms with Gasteiger partial charge in [-0.05, 0) is 25.0 Å². The van der Waals surface area contributed by atoms with Gasteiger partial charge in [0.15, 0.2) is 0 Å². The molecule has 1 aromatic heterocycles. The number of rotatable bonds is 5. The van der Waals surface area contributed by atoms with Crippen LogP contribution in [0.5, 0.6) is 5.75 Å². The van der Waals surface area contributed by atoms with Crippen LogP contribution in [0.25, 0.3) is 0 Å². The number of para-hydroxylation sites is 1. The Balaban J connectivity index is 2.35. The minimum Gasteiger partial charge on any atom is -0.493 e. The number of ether oxygens (including phenoxy) is 1. The quantitative estimate of drug-likeness (QED) is 0.872. The Bertz CT molecular complexity index is 701. The highest BCUT2D eigenvalue weighted by Crippen LogP contribution is 2.21. The summed E-state index contributed by atoms with van der Waals surface area (Å²) in [6.07, 6.45) is 1.35. The molecule has 106 valence electrons. The Labute approximate surface area is 116 Å². The average Bonchev–Trinajstić information content (AvgIpc) is 2.41. The van der Waals surface area contributed by atoms with Gasteiger partial charge in [-0.3, -0.25) is 9.78 Å². The van der Waals surface area contributed by atoms with Crippen LogP contribution in [0.3, 0.4) is 0 Å². The highest BCUT2D eigenvalue weighted by Gasteiger charge is 2.10. The van der Waals surface area contributed by atoms with Gasteiger partial charge in [-0.1, -0.05) is 25.1 Å². The number of H-pyrrole nitrogens is 2. The number of aromatic nitrogens is 2. The second-order valence-electron chi connectivity index (χ2n) is 4.64. The Morgan fingerprint density at radius 2 is 1.90 bits per heavy atom. The van der Waals surface area contributed by atoms with Gasteiger partial charge >= 0.3 is 5.69 Å². The fourth-order valence-corrected chi connectivity index (χ4v) is 2.03. The highest BCUT2D eigenvalue weighted by atomic mass is 16.5. The Morgan fingerprint density at radius 3 is 2.60 bits per heavy atom. The molecule has 2 rings (SSSR count). The lowest BCUT2D eigenvalue weighted by Gasteiger charge is -2.11. The maximum absolute atomic E-state index is 11.9. The molecule has 2 aromatic rings. The first-order valence-corrected chi connectivity index (χ1v) is 6.64. The van der Waals surface area contributed by atoms with Gasteiger partial charge in [-0.25, -0.2) is 4.79 Å². The Hall–Kier alpha value is -2.30. The molecule has 20 heavy (non-hydrogen) atoms. The van der Waals surface area contributed by atoms with Crippen LogP contribution in [0.2, 0.25) is 0 Å². The van der Waals surface area contributed by atoms with Crippen molar-refractivity contribution >= 4 is 0 Å². The van der Waals surface area contributed by atoms with E-state index in [1.54, 1.807) is 6.92 Å². The zero-order chi connectivity index (χ0) is 14.5. The number of hydrogen-bond donors (Lipinski definition) is 2. The SMILES string of the molecule is CCCOc1ccccc1Cc1c(C)[nH]c(=O)[nH]c1=O. The third-order valence-electron chi connectivity index (χ3n) is 3.06. The molecule has 0 spiro atoms. The molecule has 0 atom stereocenters. The van der Waals surface area contributed by atoms with E-state index in [9.17, 15) is 9.59 Å². The van der Waals surface area contributed by atoms with Crippen LogP contribution < -0.4 is 16.0 Å². The topological polar surface area (TPSA) is 75.0 Å². The van der Waals surface area contributed by atoms with Gasteiger partial charge in [-0.2, -0.15) is 0 Å². The predicted octanol–water partition coefficient (Wildman–Crippen LogP) is 1.75. The molecule has 0 saturated heterocycles. The molecule has 0 unspecified atom stereocenters. The molecule has 0 amide bonds. The minimum absolute atomic E-state index is 0.350. The molecule has 5 nitrogen and oxygen atoms in total. The summed E-state index contributed by atoms with van der Waals surface area (Å²) in [5.41, 5.74) is 1.24. The van der Waals surface area contributed by atoms with Gasteiger partial charge in [0.1, 0.15) is 5.75 Å². The lowest BCUT2D eigenvalue weighted by molar-refractivity contribution is 0.314. The van der Waals surface area contributed by atoms with Gasteiger partial charge in [-0.15, -0.1) is 0 Å². The van der Waals surface area contributed by atoms with E-state index < -0.39 is 5.69 Å². The molecule has 1 aromatic carbocycles. The molecule has 0 bridgehead atoms. The van der Waals surface area contributed by atoms with E-state index in [1.807, 2.05) is 31.2 Å². The molecule has 5 heteroatoms. The van der Waals surface area contributed by atoms with Gasteiger partial charge in [0.2, 0.25) is 0 Å². The number of aromatic amines is 2. The molecule has 0 radical (unpaired) electrons. The lowest BCUT2D eigenvalue weighted by atomic mass is 10.0. The molecule has 0 aliphatic rings. The van der Waals surface area contributed by atoms with Crippen molar-refractivity contribution in [3.63, 3.8) is 0 Å². The molecule has 0 aliphatic carbocycles. The first kappa shape index (κ1) is 14.1. The van der Waals surface area contributed by atoms with Gasteiger partial charge in [0.05, 0.1) is 6.61 Å². The third-order valence-corrected chi connectivity index (χ3v) is 3.06. The van der Waals surface area contributed by atoms with Crippen molar-refractivity contribution in [1.29, 1.82) is 0 Å². The second-order valence-corrected chi connectivity index (χ2v) is 4.64. The fourth-order valence-electron chi connectivity index (χ4n) is 2.03. The normalized spacial score (nSPS) is 10.5. The molecule has 0 fully saturated rings. The number of hydrogen-bond acceptors (Lipinski definition) is 3. The number of nitrogens with one attached hydrogen (secondary N) is 2. The van der Waals surface area contributed by atoms with Crippen LogP contribution in [0.1, 0.15) is 30.2 Å². The number of benzene rings is 1. The maximum atomic E-state index is 11.9. The van der Waals surface area contributed by atoms with E-state index in [2.05, 4.69) is 9.97 Å². The largest absolute Gasteiger partial charge is 0.493 e. The van der Waals surface area contributed by atoms with Crippen molar-refractivity contribution < 1.29 is 4.74 Å². The van der Waals surface area contributed by atoms with E-state index in [1.165, 1.54) is 0 Å². The van der Waals surface area contributed by atoms with Gasteiger partial charge in [0, 0.05) is 17.7 Å². The van der Waals surface area contributed by atoms with E-state index in [0.717, 1.165) is 17.7 Å². The van der Waals surface area contributed by atoms with E-state index >= 15 is 0 Å². The van der Waals surface area contributed by atoms with Gasteiger partial charge < -0.3 is 9.72 Å². The molecule has 0 aliphatic heterocycles. The van der Waals surface area contributed by atoms with Crippen LogP contribution in [-0.2, 0) is 6.42 Å². The van der Waals surface area contributed by atoms with E-state index in [4.69, 9.17) is 4.74 Å². The standard InChI is InChI=1S/C15H18N2O3/c1-3-8-20-13-7-5-4-6-11(13)9-12-10(2)16-15(19)17-14(12)18/h4-7H,3,8-9H2,1-2H3,(H2,16,17,18,19). The summed E-state index contributed by atoms with van der Waals surface area (Å²) in [5.74, 6) is 0.777. The summed E-state index contributed by atoms with van der Waals surface area (Å²) in [7, 11) is 0. The average molecular weight is 274 g/mol. The Morgan fingerprint density at radius 1 is 1.15 bits per heavy atom. The fraction of sp³-hybridized carbons (Fsp3) is 0.333. The number of aryl methyl sites for hydroxylation is 1. The lowest BCUT2D eigenvalue weighted by Crippen LogP contribution is -2.27. The molecule has 2 N–H and O–H groups in total. The highest BCUT2D eigenvalue weighted by molar-refractivity contribution is 5.37. The summed E-state index contributed by atoms with van der Waals surface area (Å²) in [4.78, 5) is 27.9. The maximum Gasteiger partial charge on any atom is 0.325 e. The molecular weight excluding hydrogens is 256 g/mol. The molecule has 0 saturated carbocycles. The molecular formula is C15H18N2O3.